The van der Waals surface area contributed by atoms with Crippen molar-refractivity contribution in [3.05, 3.63) is 54.0 Å². The number of primary amides is 1. The molecule has 6 nitrogen and oxygen atoms in total. The third kappa shape index (κ3) is 3.85. The van der Waals surface area contributed by atoms with Gasteiger partial charge in [-0.15, -0.1) is 0 Å². The van der Waals surface area contributed by atoms with Crippen molar-refractivity contribution in [1.29, 1.82) is 0 Å². The van der Waals surface area contributed by atoms with E-state index in [2.05, 4.69) is 0 Å². The first kappa shape index (κ1) is 14.6. The van der Waals surface area contributed by atoms with E-state index >= 15 is 0 Å². The van der Waals surface area contributed by atoms with Crippen LogP contribution in [0.5, 0.6) is 5.75 Å². The minimum Gasteiger partial charge on any atom is -0.489 e. The Balaban J connectivity index is 2.04. The highest BCUT2D eigenvalue weighted by Gasteiger charge is 2.20. The molecule has 0 aliphatic carbocycles. The number of hydrogen-bond acceptors (Lipinski definition) is 4. The zero-order valence-electron chi connectivity index (χ0n) is 11.6. The number of nitrogens with two attached hydrogens (primary N) is 1. The molecule has 2 amide bonds. The van der Waals surface area contributed by atoms with Crippen LogP contribution in [0, 0.1) is 0 Å². The molecule has 2 N–H and O–H groups in total. The number of hydrogen-bond donors (Lipinski definition) is 1. The zero-order chi connectivity index (χ0) is 15.2. The Kier molecular flexibility index (Phi) is 4.61. The fourth-order valence-electron chi connectivity index (χ4n) is 1.79. The van der Waals surface area contributed by atoms with E-state index in [1.54, 1.807) is 6.07 Å². The molecule has 2 aromatic rings. The van der Waals surface area contributed by atoms with Crippen molar-refractivity contribution >= 4 is 11.8 Å². The Hall–Kier alpha value is -2.76. The average molecular weight is 288 g/mol. The van der Waals surface area contributed by atoms with Crippen LogP contribution in [-0.4, -0.2) is 30.3 Å². The van der Waals surface area contributed by atoms with Crippen LogP contribution in [0.15, 0.2) is 47.1 Å². The normalized spacial score (nSPS) is 10.1. The number of benzene rings is 1. The van der Waals surface area contributed by atoms with Crippen molar-refractivity contribution in [3.63, 3.8) is 0 Å². The lowest BCUT2D eigenvalue weighted by Gasteiger charge is -2.14. The van der Waals surface area contributed by atoms with Gasteiger partial charge in [0.05, 0.1) is 12.8 Å². The molecule has 0 aliphatic heterocycles. The monoisotopic (exact) mass is 288 g/mol. The van der Waals surface area contributed by atoms with E-state index in [9.17, 15) is 9.59 Å². The molecule has 0 saturated carbocycles. The molecule has 21 heavy (non-hydrogen) atoms. The van der Waals surface area contributed by atoms with Crippen molar-refractivity contribution in [3.8, 4) is 5.75 Å². The van der Waals surface area contributed by atoms with E-state index in [4.69, 9.17) is 14.9 Å². The Morgan fingerprint density at radius 3 is 2.62 bits per heavy atom. The van der Waals surface area contributed by atoms with E-state index in [0.29, 0.717) is 11.3 Å². The highest BCUT2D eigenvalue weighted by Crippen LogP contribution is 2.17. The second-order valence-electron chi connectivity index (χ2n) is 4.50. The minimum atomic E-state index is -0.584. The molecule has 6 heteroatoms. The summed E-state index contributed by atoms with van der Waals surface area (Å²) in [6.45, 7) is 0.0323. The number of carbonyl (C=O) groups excluding carboxylic acids is 2. The van der Waals surface area contributed by atoms with Crippen LogP contribution >= 0.6 is 0 Å². The van der Waals surface area contributed by atoms with Crippen molar-refractivity contribution < 1.29 is 18.7 Å². The maximum absolute atomic E-state index is 12.1. The molecule has 1 aromatic carbocycles. The van der Waals surface area contributed by atoms with E-state index in [1.165, 1.54) is 18.2 Å². The summed E-state index contributed by atoms with van der Waals surface area (Å²) in [7, 11) is 1.48. The molecule has 0 spiro atoms. The maximum Gasteiger partial charge on any atom is 0.290 e. The van der Waals surface area contributed by atoms with Gasteiger partial charge < -0.3 is 19.8 Å². The molecule has 0 saturated heterocycles. The van der Waals surface area contributed by atoms with Gasteiger partial charge >= 0.3 is 0 Å². The summed E-state index contributed by atoms with van der Waals surface area (Å²) in [6, 6.07) is 10.9. The van der Waals surface area contributed by atoms with Crippen LogP contribution < -0.4 is 10.5 Å². The van der Waals surface area contributed by atoms with Crippen molar-refractivity contribution in [1.82, 2.24) is 4.90 Å². The first-order chi connectivity index (χ1) is 10.1. The van der Waals surface area contributed by atoms with Gasteiger partial charge in [-0.25, -0.2) is 0 Å². The highest BCUT2D eigenvalue weighted by molar-refractivity contribution is 5.95. The standard InChI is InChI=1S/C15H16N2O4/c1-17(9-13(16)18)15(19)14-11(7-8-20-14)10-21-12-5-3-2-4-6-12/h2-8H,9-10H2,1H3,(H2,16,18). The predicted octanol–water partition coefficient (Wildman–Crippen LogP) is 1.42. The van der Waals surface area contributed by atoms with Gasteiger partial charge in [0.25, 0.3) is 5.91 Å². The third-order valence-corrected chi connectivity index (χ3v) is 2.82. The van der Waals surface area contributed by atoms with Crippen molar-refractivity contribution in [2.75, 3.05) is 13.6 Å². The lowest BCUT2D eigenvalue weighted by Crippen LogP contribution is -2.35. The zero-order valence-corrected chi connectivity index (χ0v) is 11.6. The van der Waals surface area contributed by atoms with Gasteiger partial charge in [0.1, 0.15) is 12.4 Å². The smallest absolute Gasteiger partial charge is 0.290 e. The molecular weight excluding hydrogens is 272 g/mol. The van der Waals surface area contributed by atoms with Crippen LogP contribution in [0.1, 0.15) is 16.1 Å². The highest BCUT2D eigenvalue weighted by atomic mass is 16.5. The minimum absolute atomic E-state index is 0.148. The summed E-state index contributed by atoms with van der Waals surface area (Å²) in [5.74, 6) is -0.151. The van der Waals surface area contributed by atoms with E-state index in [0.717, 1.165) is 0 Å². The summed E-state index contributed by atoms with van der Waals surface area (Å²) >= 11 is 0. The molecule has 0 atom stereocenters. The predicted molar refractivity (Wildman–Crippen MR) is 75.6 cm³/mol. The second-order valence-corrected chi connectivity index (χ2v) is 4.50. The fraction of sp³-hybridized carbons (Fsp3) is 0.200. The molecule has 0 radical (unpaired) electrons. The van der Waals surface area contributed by atoms with Crippen LogP contribution in [0.4, 0.5) is 0 Å². The number of carbonyl (C=O) groups is 2. The molecule has 0 unspecified atom stereocenters. The topological polar surface area (TPSA) is 85.8 Å². The molecule has 1 heterocycles. The van der Waals surface area contributed by atoms with Gasteiger partial charge in [0, 0.05) is 12.6 Å². The summed E-state index contributed by atoms with van der Waals surface area (Å²) in [6.07, 6.45) is 1.41. The van der Waals surface area contributed by atoms with Gasteiger partial charge in [0.15, 0.2) is 5.76 Å². The van der Waals surface area contributed by atoms with Gasteiger partial charge in [-0.05, 0) is 18.2 Å². The molecule has 110 valence electrons. The van der Waals surface area contributed by atoms with E-state index < -0.39 is 11.8 Å². The Morgan fingerprint density at radius 1 is 1.24 bits per heavy atom. The fourth-order valence-corrected chi connectivity index (χ4v) is 1.79. The number of likely N-dealkylation sites (N-methyl/N-ethyl adjacent to an activating group) is 1. The maximum atomic E-state index is 12.1. The summed E-state index contributed by atoms with van der Waals surface area (Å²) in [5, 5.41) is 0. The van der Waals surface area contributed by atoms with E-state index in [-0.39, 0.29) is 18.9 Å². The van der Waals surface area contributed by atoms with Crippen LogP contribution in [0.25, 0.3) is 0 Å². The lowest BCUT2D eigenvalue weighted by atomic mass is 10.2. The lowest BCUT2D eigenvalue weighted by molar-refractivity contribution is -0.118. The van der Waals surface area contributed by atoms with Crippen LogP contribution in [-0.2, 0) is 11.4 Å². The third-order valence-electron chi connectivity index (χ3n) is 2.82. The molecule has 0 bridgehead atoms. The van der Waals surface area contributed by atoms with Gasteiger partial charge in [-0.1, -0.05) is 18.2 Å². The first-order valence-corrected chi connectivity index (χ1v) is 6.36. The Morgan fingerprint density at radius 2 is 1.95 bits per heavy atom. The van der Waals surface area contributed by atoms with Gasteiger partial charge in [-0.2, -0.15) is 0 Å². The van der Waals surface area contributed by atoms with Crippen LogP contribution in [0.3, 0.4) is 0 Å². The Labute approximate surface area is 122 Å². The summed E-state index contributed by atoms with van der Waals surface area (Å²) < 4.78 is 10.8. The largest absolute Gasteiger partial charge is 0.489 e. The quantitative estimate of drug-likeness (QED) is 0.871. The number of rotatable bonds is 6. The Bertz CT molecular complexity index is 622. The van der Waals surface area contributed by atoms with Crippen molar-refractivity contribution in [2.24, 2.45) is 5.73 Å². The number of ether oxygens (including phenoxy) is 1. The number of para-hydroxylation sites is 1. The molecule has 0 aliphatic rings. The molecule has 2 rings (SSSR count). The molecule has 0 fully saturated rings. The average Bonchev–Trinajstić information content (AvgIpc) is 2.93. The second kappa shape index (κ2) is 6.60. The summed E-state index contributed by atoms with van der Waals surface area (Å²) in [4.78, 5) is 24.2. The molecular formula is C15H16N2O4. The number of amides is 2. The SMILES string of the molecule is CN(CC(N)=O)C(=O)c1occc1COc1ccccc1. The molecule has 1 aromatic heterocycles. The number of furan rings is 1. The van der Waals surface area contributed by atoms with Gasteiger partial charge in [0.2, 0.25) is 5.91 Å². The summed E-state index contributed by atoms with van der Waals surface area (Å²) in [5.41, 5.74) is 5.68. The number of nitrogens with zero attached hydrogens (tertiary/aromatic N) is 1. The van der Waals surface area contributed by atoms with Crippen molar-refractivity contribution in [2.45, 2.75) is 6.61 Å². The first-order valence-electron chi connectivity index (χ1n) is 6.36. The van der Waals surface area contributed by atoms with Crippen LogP contribution in [0.2, 0.25) is 0 Å². The van der Waals surface area contributed by atoms with E-state index in [1.807, 2.05) is 30.3 Å². The van der Waals surface area contributed by atoms with Gasteiger partial charge in [-0.3, -0.25) is 9.59 Å².